The molecule has 0 saturated carbocycles. The second-order valence-corrected chi connectivity index (χ2v) is 3.63. The van der Waals surface area contributed by atoms with Crippen LogP contribution in [0.2, 0.25) is 0 Å². The first-order valence-electron chi connectivity index (χ1n) is 5.32. The van der Waals surface area contributed by atoms with Gasteiger partial charge in [-0.15, -0.1) is 0 Å². The van der Waals surface area contributed by atoms with E-state index < -0.39 is 18.2 Å². The topological polar surface area (TPSA) is 108 Å². The van der Waals surface area contributed by atoms with Gasteiger partial charge in [0, 0.05) is 12.4 Å². The fraction of sp³-hybridized carbons (Fsp3) is 0.300. The Morgan fingerprint density at radius 3 is 2.89 bits per heavy atom. The summed E-state index contributed by atoms with van der Waals surface area (Å²) >= 11 is 0. The Balaban J connectivity index is 2.26. The van der Waals surface area contributed by atoms with Crippen LogP contribution in [0.3, 0.4) is 0 Å². The molecule has 2 heterocycles. The van der Waals surface area contributed by atoms with Crippen LogP contribution in [0.5, 0.6) is 0 Å². The van der Waals surface area contributed by atoms with E-state index in [-0.39, 0.29) is 6.54 Å². The molecule has 1 aromatic heterocycles. The van der Waals surface area contributed by atoms with Gasteiger partial charge in [0.25, 0.3) is 0 Å². The van der Waals surface area contributed by atoms with Crippen LogP contribution in [-0.2, 0) is 4.74 Å². The first kappa shape index (κ1) is 12.7. The number of carbonyl (C=O) groups excluding carboxylic acids is 1. The molecule has 1 aromatic rings. The number of pyridine rings is 1. The van der Waals surface area contributed by atoms with E-state index in [1.165, 1.54) is 0 Å². The lowest BCUT2D eigenvalue weighted by molar-refractivity contribution is -0.0280. The third-order valence-electron chi connectivity index (χ3n) is 2.48. The quantitative estimate of drug-likeness (QED) is 0.827. The largest absolute Gasteiger partial charge is 0.462 e. The summed E-state index contributed by atoms with van der Waals surface area (Å²) in [5, 5.41) is 17.6. The van der Waals surface area contributed by atoms with Crippen LogP contribution in [-0.4, -0.2) is 46.1 Å². The molecule has 0 aromatic carbocycles. The third kappa shape index (κ3) is 2.59. The minimum Gasteiger partial charge on any atom is -0.462 e. The first-order chi connectivity index (χ1) is 9.13. The number of amides is 2. The van der Waals surface area contributed by atoms with E-state index in [9.17, 15) is 9.59 Å². The summed E-state index contributed by atoms with van der Waals surface area (Å²) in [5.74, 6) is 0. The molecule has 9 heteroatoms. The van der Waals surface area contributed by atoms with Crippen molar-refractivity contribution in [1.29, 1.82) is 0 Å². The van der Waals surface area contributed by atoms with E-state index in [1.54, 1.807) is 24.5 Å². The van der Waals surface area contributed by atoms with Gasteiger partial charge in [0.05, 0.1) is 13.7 Å². The molecule has 1 N–H and O–H groups in total. The smallest absolute Gasteiger partial charge is 0.449 e. The van der Waals surface area contributed by atoms with Crippen molar-refractivity contribution < 1.29 is 19.4 Å². The number of carbonyl (C=O) groups is 2. The number of hydrazine groups is 1. The summed E-state index contributed by atoms with van der Waals surface area (Å²) in [6.07, 6.45) is 0.939. The van der Waals surface area contributed by atoms with Crippen molar-refractivity contribution in [2.45, 2.75) is 6.04 Å². The zero-order chi connectivity index (χ0) is 13.8. The lowest BCUT2D eigenvalue weighted by atomic mass is 10.1. The Hall–Kier alpha value is -2.71. The van der Waals surface area contributed by atoms with Crippen molar-refractivity contribution in [2.24, 2.45) is 10.3 Å². The van der Waals surface area contributed by atoms with Crippen LogP contribution >= 0.6 is 0 Å². The molecule has 0 saturated heterocycles. The maximum absolute atomic E-state index is 11.5. The van der Waals surface area contributed by atoms with E-state index in [0.29, 0.717) is 5.12 Å². The SMILES string of the molecule is COC(=O)N1CC(c2cccnc2)N=NN1C(=O)O. The van der Waals surface area contributed by atoms with Gasteiger partial charge in [-0.3, -0.25) is 4.98 Å². The van der Waals surface area contributed by atoms with Crippen LogP contribution in [0.15, 0.2) is 34.9 Å². The number of aromatic nitrogens is 1. The predicted octanol–water partition coefficient (Wildman–Crippen LogP) is 1.47. The molecule has 1 unspecified atom stereocenters. The molecular weight excluding hydrogens is 254 g/mol. The second-order valence-electron chi connectivity index (χ2n) is 3.63. The number of ether oxygens (including phenoxy) is 1. The highest BCUT2D eigenvalue weighted by molar-refractivity contribution is 5.72. The van der Waals surface area contributed by atoms with Gasteiger partial charge in [-0.1, -0.05) is 11.2 Å². The van der Waals surface area contributed by atoms with Crippen molar-refractivity contribution in [1.82, 2.24) is 15.1 Å². The molecule has 9 nitrogen and oxygen atoms in total. The van der Waals surface area contributed by atoms with Crippen LogP contribution in [0.25, 0.3) is 0 Å². The highest BCUT2D eigenvalue weighted by atomic mass is 16.6. The maximum Gasteiger partial charge on any atom is 0.449 e. The number of rotatable bonds is 1. The summed E-state index contributed by atoms with van der Waals surface area (Å²) in [5.41, 5.74) is 0.727. The van der Waals surface area contributed by atoms with E-state index >= 15 is 0 Å². The fourth-order valence-corrected chi connectivity index (χ4v) is 1.58. The third-order valence-corrected chi connectivity index (χ3v) is 2.48. The molecule has 0 aliphatic carbocycles. The number of methoxy groups -OCH3 is 1. The summed E-state index contributed by atoms with van der Waals surface area (Å²) in [4.78, 5) is 26.4. The fourth-order valence-electron chi connectivity index (χ4n) is 1.58. The Morgan fingerprint density at radius 2 is 2.32 bits per heavy atom. The Labute approximate surface area is 108 Å². The van der Waals surface area contributed by atoms with Gasteiger partial charge in [-0.05, 0) is 16.9 Å². The van der Waals surface area contributed by atoms with Crippen molar-refractivity contribution in [3.8, 4) is 0 Å². The summed E-state index contributed by atoms with van der Waals surface area (Å²) in [6, 6.07) is 3.00. The average Bonchev–Trinajstić information content (AvgIpc) is 2.46. The highest BCUT2D eigenvalue weighted by Gasteiger charge is 2.34. The van der Waals surface area contributed by atoms with Gasteiger partial charge < -0.3 is 9.84 Å². The minimum atomic E-state index is -1.42. The van der Waals surface area contributed by atoms with Gasteiger partial charge in [-0.25, -0.2) is 9.59 Å². The molecular formula is C10H11N5O4. The predicted molar refractivity (Wildman–Crippen MR) is 60.8 cm³/mol. The van der Waals surface area contributed by atoms with Crippen molar-refractivity contribution in [3.63, 3.8) is 0 Å². The number of nitrogens with zero attached hydrogens (tertiary/aromatic N) is 5. The van der Waals surface area contributed by atoms with Gasteiger partial charge in [0.2, 0.25) is 0 Å². The zero-order valence-corrected chi connectivity index (χ0v) is 10.0. The van der Waals surface area contributed by atoms with E-state index in [4.69, 9.17) is 5.11 Å². The highest BCUT2D eigenvalue weighted by Crippen LogP contribution is 2.24. The van der Waals surface area contributed by atoms with Gasteiger partial charge in [0.1, 0.15) is 6.04 Å². The Kier molecular flexibility index (Phi) is 3.55. The molecule has 0 fully saturated rings. The lowest BCUT2D eigenvalue weighted by Crippen LogP contribution is -2.49. The van der Waals surface area contributed by atoms with Crippen molar-refractivity contribution >= 4 is 12.2 Å². The minimum absolute atomic E-state index is 0.00810. The molecule has 0 radical (unpaired) electrons. The number of hydrogen-bond donors (Lipinski definition) is 1. The number of hydrogen-bond acceptors (Lipinski definition) is 6. The molecule has 19 heavy (non-hydrogen) atoms. The van der Waals surface area contributed by atoms with Gasteiger partial charge in [-0.2, -0.15) is 10.1 Å². The maximum atomic E-state index is 11.5. The van der Waals surface area contributed by atoms with Crippen LogP contribution < -0.4 is 0 Å². The molecule has 2 rings (SSSR count). The van der Waals surface area contributed by atoms with Crippen LogP contribution in [0, 0.1) is 0 Å². The van der Waals surface area contributed by atoms with E-state index in [2.05, 4.69) is 20.1 Å². The molecule has 1 aliphatic heterocycles. The molecule has 1 aliphatic rings. The van der Waals surface area contributed by atoms with Crippen molar-refractivity contribution in [2.75, 3.05) is 13.7 Å². The summed E-state index contributed by atoms with van der Waals surface area (Å²) in [7, 11) is 1.16. The molecule has 2 amide bonds. The lowest BCUT2D eigenvalue weighted by Gasteiger charge is -2.31. The Bertz CT molecular complexity index is 506. The van der Waals surface area contributed by atoms with E-state index in [0.717, 1.165) is 17.7 Å². The standard InChI is InChI=1S/C10H11N5O4/c1-19-10(18)14-6-8(7-3-2-4-11-5-7)12-13-15(14)9(16)17/h2-5,8H,6H2,1H3,(H,16,17). The molecule has 100 valence electrons. The molecule has 1 atom stereocenters. The van der Waals surface area contributed by atoms with Gasteiger partial charge in [0.15, 0.2) is 0 Å². The van der Waals surface area contributed by atoms with Crippen LogP contribution in [0.1, 0.15) is 11.6 Å². The molecule has 0 spiro atoms. The van der Waals surface area contributed by atoms with Crippen molar-refractivity contribution in [3.05, 3.63) is 30.1 Å². The van der Waals surface area contributed by atoms with Crippen LogP contribution in [0.4, 0.5) is 9.59 Å². The average molecular weight is 265 g/mol. The number of carboxylic acid groups (broad SMARTS) is 1. The second kappa shape index (κ2) is 5.29. The van der Waals surface area contributed by atoms with Gasteiger partial charge >= 0.3 is 12.2 Å². The zero-order valence-electron chi connectivity index (χ0n) is 10.0. The summed E-state index contributed by atoms with van der Waals surface area (Å²) < 4.78 is 4.52. The monoisotopic (exact) mass is 265 g/mol. The first-order valence-corrected chi connectivity index (χ1v) is 5.32. The summed E-state index contributed by atoms with van der Waals surface area (Å²) in [6.45, 7) is 0.00810. The Morgan fingerprint density at radius 1 is 1.53 bits per heavy atom. The normalized spacial score (nSPS) is 18.3. The van der Waals surface area contributed by atoms with E-state index in [1.807, 2.05) is 0 Å². The molecule has 0 bridgehead atoms.